The molecule has 0 bridgehead atoms. The predicted molar refractivity (Wildman–Crippen MR) is 74.2 cm³/mol. The normalized spacial score (nSPS) is 10.5. The molecule has 0 aliphatic carbocycles. The zero-order chi connectivity index (χ0) is 12.4. The Balaban J connectivity index is 1.84. The number of benzene rings is 1. The van der Waals surface area contributed by atoms with Gasteiger partial charge in [-0.15, -0.1) is 11.3 Å². The second-order valence-electron chi connectivity index (χ2n) is 3.91. The van der Waals surface area contributed by atoms with E-state index in [-0.39, 0.29) is 0 Å². The number of hydrogen-bond donors (Lipinski definition) is 2. The van der Waals surface area contributed by atoms with Crippen molar-refractivity contribution in [1.29, 1.82) is 0 Å². The first-order valence-corrected chi connectivity index (χ1v) is 6.49. The highest BCUT2D eigenvalue weighted by atomic mass is 32.1. The fourth-order valence-electron chi connectivity index (χ4n) is 1.72. The van der Waals surface area contributed by atoms with Crippen molar-refractivity contribution in [3.63, 3.8) is 0 Å². The van der Waals surface area contributed by atoms with Gasteiger partial charge in [-0.25, -0.2) is 4.98 Å². The highest BCUT2D eigenvalue weighted by Crippen LogP contribution is 2.27. The summed E-state index contributed by atoms with van der Waals surface area (Å²) in [6.07, 6.45) is 1.87. The van der Waals surface area contributed by atoms with E-state index in [9.17, 15) is 0 Å². The van der Waals surface area contributed by atoms with Crippen molar-refractivity contribution < 1.29 is 0 Å². The summed E-state index contributed by atoms with van der Waals surface area (Å²) in [6, 6.07) is 10.0. The largest absolute Gasteiger partial charge is 0.332 e. The number of aryl methyl sites for hydroxylation is 1. The Labute approximate surface area is 109 Å². The molecule has 0 radical (unpaired) electrons. The molecule has 0 atom stereocenters. The third kappa shape index (κ3) is 2.12. The summed E-state index contributed by atoms with van der Waals surface area (Å²) in [5.41, 5.74) is 4.01. The Morgan fingerprint density at radius 3 is 2.78 bits per heavy atom. The van der Waals surface area contributed by atoms with Crippen LogP contribution in [-0.4, -0.2) is 15.2 Å². The molecule has 18 heavy (non-hydrogen) atoms. The van der Waals surface area contributed by atoms with Crippen LogP contribution in [0.4, 0.5) is 10.8 Å². The van der Waals surface area contributed by atoms with Gasteiger partial charge in [0.1, 0.15) is 0 Å². The number of para-hydroxylation sites is 1. The molecule has 2 aromatic heterocycles. The van der Waals surface area contributed by atoms with Crippen LogP contribution in [0, 0.1) is 6.92 Å². The van der Waals surface area contributed by atoms with Gasteiger partial charge in [0, 0.05) is 22.8 Å². The lowest BCUT2D eigenvalue weighted by atomic mass is 10.2. The number of aromatic nitrogens is 3. The molecule has 4 nitrogen and oxygen atoms in total. The molecule has 5 heteroatoms. The molecular weight excluding hydrogens is 244 g/mol. The van der Waals surface area contributed by atoms with E-state index in [0.717, 1.165) is 27.8 Å². The van der Waals surface area contributed by atoms with E-state index in [1.807, 2.05) is 48.8 Å². The molecule has 0 spiro atoms. The van der Waals surface area contributed by atoms with Gasteiger partial charge in [0.05, 0.1) is 11.4 Å². The maximum absolute atomic E-state index is 4.56. The Morgan fingerprint density at radius 1 is 1.22 bits per heavy atom. The van der Waals surface area contributed by atoms with Gasteiger partial charge in [0.25, 0.3) is 0 Å². The Bertz CT molecular complexity index is 642. The number of thiazole rings is 1. The summed E-state index contributed by atoms with van der Waals surface area (Å²) in [6.45, 7) is 1.97. The maximum atomic E-state index is 4.56. The van der Waals surface area contributed by atoms with Gasteiger partial charge in [0.15, 0.2) is 5.13 Å². The van der Waals surface area contributed by atoms with Crippen molar-refractivity contribution in [1.82, 2.24) is 15.2 Å². The van der Waals surface area contributed by atoms with Crippen LogP contribution in [0.5, 0.6) is 0 Å². The smallest absolute Gasteiger partial charge is 0.187 e. The minimum Gasteiger partial charge on any atom is -0.332 e. The van der Waals surface area contributed by atoms with E-state index in [0.29, 0.717) is 0 Å². The molecule has 2 N–H and O–H groups in total. The van der Waals surface area contributed by atoms with Crippen molar-refractivity contribution >= 4 is 22.2 Å². The number of nitrogens with one attached hydrogen (secondary N) is 2. The summed E-state index contributed by atoms with van der Waals surface area (Å²) in [4.78, 5) is 4.56. The summed E-state index contributed by atoms with van der Waals surface area (Å²) in [7, 11) is 0. The van der Waals surface area contributed by atoms with Crippen molar-refractivity contribution in [2.24, 2.45) is 0 Å². The van der Waals surface area contributed by atoms with Gasteiger partial charge in [-0.05, 0) is 19.1 Å². The molecule has 3 rings (SSSR count). The lowest BCUT2D eigenvalue weighted by Crippen LogP contribution is -1.88. The minimum atomic E-state index is 0.886. The van der Waals surface area contributed by atoms with E-state index in [1.165, 1.54) is 0 Å². The van der Waals surface area contributed by atoms with E-state index in [2.05, 4.69) is 20.5 Å². The fraction of sp³-hybridized carbons (Fsp3) is 0.0769. The third-order valence-corrected chi connectivity index (χ3v) is 3.39. The van der Waals surface area contributed by atoms with Crippen LogP contribution in [0.3, 0.4) is 0 Å². The second-order valence-corrected chi connectivity index (χ2v) is 4.77. The molecule has 90 valence electrons. The van der Waals surface area contributed by atoms with Crippen LogP contribution < -0.4 is 5.32 Å². The zero-order valence-electron chi connectivity index (χ0n) is 9.84. The monoisotopic (exact) mass is 256 g/mol. The summed E-state index contributed by atoms with van der Waals surface area (Å²) >= 11 is 1.59. The molecule has 2 heterocycles. The number of hydrogen-bond acceptors (Lipinski definition) is 4. The molecule has 0 aliphatic rings. The number of nitrogens with zero attached hydrogens (tertiary/aromatic N) is 2. The van der Waals surface area contributed by atoms with E-state index in [1.54, 1.807) is 11.3 Å². The van der Waals surface area contributed by atoms with Crippen LogP contribution >= 0.6 is 11.3 Å². The molecule has 0 aliphatic heterocycles. The van der Waals surface area contributed by atoms with Crippen molar-refractivity contribution in [3.8, 4) is 11.3 Å². The van der Waals surface area contributed by atoms with Gasteiger partial charge in [-0.2, -0.15) is 5.10 Å². The molecule has 0 saturated heterocycles. The maximum Gasteiger partial charge on any atom is 0.187 e. The van der Waals surface area contributed by atoms with Gasteiger partial charge < -0.3 is 5.32 Å². The Kier molecular flexibility index (Phi) is 2.82. The molecule has 0 saturated carbocycles. The van der Waals surface area contributed by atoms with Crippen molar-refractivity contribution in [2.45, 2.75) is 6.92 Å². The lowest BCUT2D eigenvalue weighted by Gasteiger charge is -2.00. The molecular formula is C13H12N4S. The quantitative estimate of drug-likeness (QED) is 0.753. The standard InChI is InChI=1S/C13H12N4S/c1-9-11(7-14-17-9)12-8-18-13(16-12)15-10-5-3-2-4-6-10/h2-8H,1H3,(H,14,17)(H,15,16). The Morgan fingerprint density at radius 2 is 2.06 bits per heavy atom. The summed E-state index contributed by atoms with van der Waals surface area (Å²) < 4.78 is 0. The fourth-order valence-corrected chi connectivity index (χ4v) is 2.45. The SMILES string of the molecule is Cc1n[nH]cc1-c1csc(Nc2ccccc2)n1. The highest BCUT2D eigenvalue weighted by Gasteiger charge is 2.08. The van der Waals surface area contributed by atoms with Gasteiger partial charge in [-0.1, -0.05) is 18.2 Å². The highest BCUT2D eigenvalue weighted by molar-refractivity contribution is 7.14. The van der Waals surface area contributed by atoms with Gasteiger partial charge in [-0.3, -0.25) is 5.10 Å². The Hall–Kier alpha value is -2.14. The average molecular weight is 256 g/mol. The number of H-pyrrole nitrogens is 1. The first-order chi connectivity index (χ1) is 8.83. The molecule has 3 aromatic rings. The molecule has 0 amide bonds. The zero-order valence-corrected chi connectivity index (χ0v) is 10.7. The molecule has 0 unspecified atom stereocenters. The van der Waals surface area contributed by atoms with Crippen molar-refractivity contribution in [3.05, 3.63) is 47.6 Å². The number of rotatable bonds is 3. The minimum absolute atomic E-state index is 0.886. The second kappa shape index (κ2) is 4.62. The van der Waals surface area contributed by atoms with Gasteiger partial charge >= 0.3 is 0 Å². The topological polar surface area (TPSA) is 53.6 Å². The van der Waals surface area contributed by atoms with E-state index in [4.69, 9.17) is 0 Å². The third-order valence-electron chi connectivity index (χ3n) is 2.64. The van der Waals surface area contributed by atoms with Crippen LogP contribution in [-0.2, 0) is 0 Å². The molecule has 1 aromatic carbocycles. The van der Waals surface area contributed by atoms with Crippen LogP contribution in [0.2, 0.25) is 0 Å². The number of aromatic amines is 1. The first-order valence-electron chi connectivity index (χ1n) is 5.61. The van der Waals surface area contributed by atoms with Crippen molar-refractivity contribution in [2.75, 3.05) is 5.32 Å². The van der Waals surface area contributed by atoms with E-state index >= 15 is 0 Å². The summed E-state index contributed by atoms with van der Waals surface area (Å²) in [5.74, 6) is 0. The van der Waals surface area contributed by atoms with Crippen LogP contribution in [0.25, 0.3) is 11.3 Å². The summed E-state index contributed by atoms with van der Waals surface area (Å²) in [5, 5.41) is 13.2. The van der Waals surface area contributed by atoms with Gasteiger partial charge in [0.2, 0.25) is 0 Å². The van der Waals surface area contributed by atoms with Crippen LogP contribution in [0.1, 0.15) is 5.69 Å². The lowest BCUT2D eigenvalue weighted by molar-refractivity contribution is 1.05. The number of anilines is 2. The predicted octanol–water partition coefficient (Wildman–Crippen LogP) is 3.59. The molecule has 0 fully saturated rings. The average Bonchev–Trinajstić information content (AvgIpc) is 2.99. The van der Waals surface area contributed by atoms with E-state index < -0.39 is 0 Å². The van der Waals surface area contributed by atoms with Crippen LogP contribution in [0.15, 0.2) is 41.9 Å². The first kappa shape index (κ1) is 11.0.